The Hall–Kier alpha value is -3.24. The topological polar surface area (TPSA) is 151 Å². The van der Waals surface area contributed by atoms with Crippen molar-refractivity contribution < 1.29 is 14.5 Å². The lowest BCUT2D eigenvalue weighted by atomic mass is 10.3. The van der Waals surface area contributed by atoms with Gasteiger partial charge in [-0.2, -0.15) is 9.78 Å². The lowest BCUT2D eigenvalue weighted by molar-refractivity contribution is -0.389. The second-order valence-electron chi connectivity index (χ2n) is 5.03. The number of carbonyl (C=O) groups excluding carboxylic acids is 2. The molecule has 128 valence electrons. The van der Waals surface area contributed by atoms with Crippen molar-refractivity contribution in [1.29, 1.82) is 0 Å². The molecule has 0 bridgehead atoms. The molecule has 2 aromatic heterocycles. The number of rotatable bonds is 7. The Balaban J connectivity index is 2.03. The molecule has 0 fully saturated rings. The number of primary amides is 1. The molecule has 2 aromatic rings. The second-order valence-corrected chi connectivity index (χ2v) is 5.03. The highest BCUT2D eigenvalue weighted by Crippen LogP contribution is 2.15. The van der Waals surface area contributed by atoms with Crippen LogP contribution in [0.25, 0.3) is 0 Å². The van der Waals surface area contributed by atoms with Crippen LogP contribution in [-0.2, 0) is 17.9 Å². The normalized spacial score (nSPS) is 10.6. The largest absolute Gasteiger partial charge is 0.390 e. The van der Waals surface area contributed by atoms with Gasteiger partial charge >= 0.3 is 5.82 Å². The Kier molecular flexibility index (Phi) is 4.92. The molecule has 0 atom stereocenters. The van der Waals surface area contributed by atoms with Crippen molar-refractivity contribution in [1.82, 2.24) is 19.6 Å². The minimum absolute atomic E-state index is 0.0175. The van der Waals surface area contributed by atoms with Gasteiger partial charge in [0.15, 0.2) is 5.69 Å². The van der Waals surface area contributed by atoms with E-state index < -0.39 is 10.8 Å². The fourth-order valence-corrected chi connectivity index (χ4v) is 2.09. The third-order valence-corrected chi connectivity index (χ3v) is 3.30. The van der Waals surface area contributed by atoms with Gasteiger partial charge in [-0.1, -0.05) is 0 Å². The van der Waals surface area contributed by atoms with Crippen molar-refractivity contribution >= 4 is 23.3 Å². The highest BCUT2D eigenvalue weighted by molar-refractivity contribution is 6.01. The van der Waals surface area contributed by atoms with E-state index in [0.717, 1.165) is 0 Å². The average molecular weight is 335 g/mol. The Morgan fingerprint density at radius 2 is 2.12 bits per heavy atom. The Morgan fingerprint density at radius 3 is 2.67 bits per heavy atom. The summed E-state index contributed by atoms with van der Waals surface area (Å²) in [4.78, 5) is 33.5. The highest BCUT2D eigenvalue weighted by atomic mass is 16.6. The van der Waals surface area contributed by atoms with E-state index in [1.807, 2.05) is 6.92 Å². The summed E-state index contributed by atoms with van der Waals surface area (Å²) in [6, 6.07) is 1.33. The number of amides is 2. The van der Waals surface area contributed by atoms with Gasteiger partial charge in [-0.05, 0) is 18.8 Å². The van der Waals surface area contributed by atoms with E-state index in [-0.39, 0.29) is 36.1 Å². The van der Waals surface area contributed by atoms with Crippen LogP contribution < -0.4 is 11.1 Å². The van der Waals surface area contributed by atoms with Gasteiger partial charge < -0.3 is 21.2 Å². The SMILES string of the molecule is CCn1cc(NC(=O)CCn2nc([N+](=O)[O-])cc2C)c(C(N)=O)n1. The van der Waals surface area contributed by atoms with Crippen molar-refractivity contribution in [2.24, 2.45) is 5.73 Å². The average Bonchev–Trinajstić information content (AvgIpc) is 3.09. The molecule has 11 heteroatoms. The fourth-order valence-electron chi connectivity index (χ4n) is 2.09. The molecule has 2 heterocycles. The zero-order chi connectivity index (χ0) is 17.9. The van der Waals surface area contributed by atoms with Gasteiger partial charge in [-0.15, -0.1) is 0 Å². The molecule has 2 rings (SSSR count). The summed E-state index contributed by atoms with van der Waals surface area (Å²) in [5.74, 6) is -1.39. The van der Waals surface area contributed by atoms with Gasteiger partial charge in [0.25, 0.3) is 5.91 Å². The molecule has 11 nitrogen and oxygen atoms in total. The number of nitrogens with zero attached hydrogens (tertiary/aromatic N) is 5. The van der Waals surface area contributed by atoms with Gasteiger partial charge in [-0.3, -0.25) is 14.3 Å². The van der Waals surface area contributed by atoms with Crippen molar-refractivity contribution in [3.05, 3.63) is 33.8 Å². The first kappa shape index (κ1) is 17.1. The number of hydrogen-bond acceptors (Lipinski definition) is 6. The lowest BCUT2D eigenvalue weighted by Crippen LogP contribution is -2.19. The third kappa shape index (κ3) is 3.74. The number of hydrogen-bond donors (Lipinski definition) is 2. The summed E-state index contributed by atoms with van der Waals surface area (Å²) < 4.78 is 2.86. The molecule has 3 N–H and O–H groups in total. The summed E-state index contributed by atoms with van der Waals surface area (Å²) in [5.41, 5.74) is 6.02. The predicted octanol–water partition coefficient (Wildman–Crippen LogP) is 0.444. The highest BCUT2D eigenvalue weighted by Gasteiger charge is 2.18. The van der Waals surface area contributed by atoms with Gasteiger partial charge in [0.05, 0.1) is 29.1 Å². The summed E-state index contributed by atoms with van der Waals surface area (Å²) in [7, 11) is 0. The van der Waals surface area contributed by atoms with Crippen molar-refractivity contribution in [2.45, 2.75) is 33.4 Å². The molecule has 0 saturated heterocycles. The van der Waals surface area contributed by atoms with Gasteiger partial charge in [0.2, 0.25) is 5.91 Å². The van der Waals surface area contributed by atoms with Crippen LogP contribution in [0.15, 0.2) is 12.3 Å². The van der Waals surface area contributed by atoms with Crippen LogP contribution in [0, 0.1) is 17.0 Å². The van der Waals surface area contributed by atoms with Crippen molar-refractivity contribution in [2.75, 3.05) is 5.32 Å². The van der Waals surface area contributed by atoms with Crippen LogP contribution in [0.5, 0.6) is 0 Å². The van der Waals surface area contributed by atoms with E-state index in [4.69, 9.17) is 5.73 Å². The zero-order valence-corrected chi connectivity index (χ0v) is 13.2. The maximum absolute atomic E-state index is 12.0. The number of nitrogens with one attached hydrogen (secondary N) is 1. The van der Waals surface area contributed by atoms with Crippen molar-refractivity contribution in [3.63, 3.8) is 0 Å². The maximum Gasteiger partial charge on any atom is 0.390 e. The van der Waals surface area contributed by atoms with E-state index in [2.05, 4.69) is 15.5 Å². The van der Waals surface area contributed by atoms with Crippen LogP contribution in [0.1, 0.15) is 29.5 Å². The van der Waals surface area contributed by atoms with Crippen LogP contribution in [-0.4, -0.2) is 36.3 Å². The van der Waals surface area contributed by atoms with Crippen LogP contribution in [0.4, 0.5) is 11.5 Å². The predicted molar refractivity (Wildman–Crippen MR) is 83.3 cm³/mol. The van der Waals surface area contributed by atoms with E-state index in [1.165, 1.54) is 21.6 Å². The molecule has 0 spiro atoms. The number of aryl methyl sites for hydroxylation is 3. The summed E-state index contributed by atoms with van der Waals surface area (Å²) >= 11 is 0. The molecule has 0 aromatic carbocycles. The number of carbonyl (C=O) groups is 2. The Morgan fingerprint density at radius 1 is 1.42 bits per heavy atom. The van der Waals surface area contributed by atoms with E-state index in [0.29, 0.717) is 12.2 Å². The summed E-state index contributed by atoms with van der Waals surface area (Å²) in [5, 5.41) is 21.0. The summed E-state index contributed by atoms with van der Waals surface area (Å²) in [6.07, 6.45) is 1.54. The van der Waals surface area contributed by atoms with E-state index >= 15 is 0 Å². The van der Waals surface area contributed by atoms with Crippen LogP contribution in [0.2, 0.25) is 0 Å². The quantitative estimate of drug-likeness (QED) is 0.553. The zero-order valence-electron chi connectivity index (χ0n) is 13.2. The monoisotopic (exact) mass is 335 g/mol. The maximum atomic E-state index is 12.0. The van der Waals surface area contributed by atoms with Gasteiger partial charge in [0, 0.05) is 19.2 Å². The fraction of sp³-hybridized carbons (Fsp3) is 0.385. The standard InChI is InChI=1S/C13H17N7O4/c1-3-18-7-9(12(17-18)13(14)22)15-11(21)4-5-19-8(2)6-10(16-19)20(23)24/h6-7H,3-5H2,1-2H3,(H2,14,22)(H,15,21). The molecular weight excluding hydrogens is 318 g/mol. The first-order chi connectivity index (χ1) is 11.3. The number of nitro groups is 1. The van der Waals surface area contributed by atoms with E-state index in [9.17, 15) is 19.7 Å². The minimum atomic E-state index is -0.740. The molecule has 0 aliphatic rings. The summed E-state index contributed by atoms with van der Waals surface area (Å²) in [6.45, 7) is 4.18. The van der Waals surface area contributed by atoms with Gasteiger partial charge in [0.1, 0.15) is 0 Å². The number of anilines is 1. The minimum Gasteiger partial charge on any atom is -0.364 e. The van der Waals surface area contributed by atoms with E-state index in [1.54, 1.807) is 6.92 Å². The Bertz CT molecular complexity index is 792. The molecule has 0 aliphatic heterocycles. The number of aromatic nitrogens is 4. The van der Waals surface area contributed by atoms with Crippen molar-refractivity contribution in [3.8, 4) is 0 Å². The van der Waals surface area contributed by atoms with Crippen LogP contribution in [0.3, 0.4) is 0 Å². The molecule has 24 heavy (non-hydrogen) atoms. The molecule has 0 saturated carbocycles. The molecule has 0 unspecified atom stereocenters. The Labute approximate surface area is 136 Å². The first-order valence-corrected chi connectivity index (χ1v) is 7.17. The molecule has 0 radical (unpaired) electrons. The van der Waals surface area contributed by atoms with Crippen LogP contribution >= 0.6 is 0 Å². The third-order valence-electron chi connectivity index (χ3n) is 3.30. The number of nitrogens with two attached hydrogens (primary N) is 1. The molecule has 0 aliphatic carbocycles. The first-order valence-electron chi connectivity index (χ1n) is 7.17. The van der Waals surface area contributed by atoms with Gasteiger partial charge in [-0.25, -0.2) is 0 Å². The smallest absolute Gasteiger partial charge is 0.364 e. The molecular formula is C13H17N7O4. The second kappa shape index (κ2) is 6.89. The molecule has 2 amide bonds. The lowest BCUT2D eigenvalue weighted by Gasteiger charge is -2.03.